The number of nitrogens with zero attached hydrogens (tertiary/aromatic N) is 1. The van der Waals surface area contributed by atoms with Crippen LogP contribution in [0.5, 0.6) is 0 Å². The molecule has 1 fully saturated rings. The van der Waals surface area contributed by atoms with Crippen molar-refractivity contribution in [1.29, 1.82) is 0 Å². The van der Waals surface area contributed by atoms with Crippen LogP contribution in [0.2, 0.25) is 0 Å². The Labute approximate surface area is 149 Å². The molecule has 25 heavy (non-hydrogen) atoms. The lowest BCUT2D eigenvalue weighted by atomic mass is 9.84. The molecule has 0 unspecified atom stereocenters. The van der Waals surface area contributed by atoms with Gasteiger partial charge in [0, 0.05) is 11.8 Å². The van der Waals surface area contributed by atoms with Gasteiger partial charge in [0.1, 0.15) is 12.9 Å². The first-order valence-corrected chi connectivity index (χ1v) is 9.14. The Morgan fingerprint density at radius 2 is 2.00 bits per heavy atom. The second-order valence-corrected chi connectivity index (χ2v) is 6.53. The largest absolute Gasteiger partial charge is 0.447 e. The molecule has 0 aromatic heterocycles. The molecule has 1 saturated heterocycles. The summed E-state index contributed by atoms with van der Waals surface area (Å²) in [4.78, 5) is 37.3. The predicted molar refractivity (Wildman–Crippen MR) is 95.0 cm³/mol. The van der Waals surface area contributed by atoms with Gasteiger partial charge in [-0.25, -0.2) is 9.69 Å². The highest BCUT2D eigenvalue weighted by atomic mass is 16.6. The lowest BCUT2D eigenvalue weighted by molar-refractivity contribution is -0.136. The second-order valence-electron chi connectivity index (χ2n) is 6.53. The Morgan fingerprint density at radius 1 is 1.24 bits per heavy atom. The van der Waals surface area contributed by atoms with Gasteiger partial charge in [0.25, 0.3) is 0 Å². The third-order valence-corrected chi connectivity index (χ3v) is 4.75. The van der Waals surface area contributed by atoms with E-state index >= 15 is 0 Å². The molecule has 0 N–H and O–H groups in total. The maximum absolute atomic E-state index is 12.8. The first-order valence-electron chi connectivity index (χ1n) is 9.14. The van der Waals surface area contributed by atoms with E-state index in [1.807, 2.05) is 18.2 Å². The van der Waals surface area contributed by atoms with Crippen molar-refractivity contribution in [2.24, 2.45) is 11.8 Å². The maximum Gasteiger partial charge on any atom is 0.416 e. The summed E-state index contributed by atoms with van der Waals surface area (Å²) in [5, 5.41) is 0. The molecular formula is C20H27NO4. The summed E-state index contributed by atoms with van der Waals surface area (Å²) in [6.45, 7) is 2.58. The van der Waals surface area contributed by atoms with Crippen LogP contribution in [-0.2, 0) is 20.7 Å². The Kier molecular flexibility index (Phi) is 7.64. The van der Waals surface area contributed by atoms with Crippen LogP contribution in [0.25, 0.3) is 0 Å². The summed E-state index contributed by atoms with van der Waals surface area (Å²) in [5.74, 6) is -1.04. The van der Waals surface area contributed by atoms with Crippen molar-refractivity contribution >= 4 is 18.3 Å². The minimum Gasteiger partial charge on any atom is -0.447 e. The molecule has 0 saturated carbocycles. The van der Waals surface area contributed by atoms with Crippen LogP contribution >= 0.6 is 0 Å². The van der Waals surface area contributed by atoms with Crippen molar-refractivity contribution in [3.8, 4) is 0 Å². The van der Waals surface area contributed by atoms with Gasteiger partial charge >= 0.3 is 6.09 Å². The topological polar surface area (TPSA) is 63.7 Å². The number of hydrogen-bond donors (Lipinski definition) is 0. The molecule has 2 amide bonds. The molecule has 136 valence electrons. The molecule has 2 atom stereocenters. The molecule has 5 nitrogen and oxygen atoms in total. The van der Waals surface area contributed by atoms with Gasteiger partial charge in [-0.1, -0.05) is 50.1 Å². The summed E-state index contributed by atoms with van der Waals surface area (Å²) in [6.07, 6.45) is 5.13. The lowest BCUT2D eigenvalue weighted by Gasteiger charge is -2.25. The molecule has 1 aliphatic heterocycles. The van der Waals surface area contributed by atoms with Crippen molar-refractivity contribution in [3.63, 3.8) is 0 Å². The fraction of sp³-hybridized carbons (Fsp3) is 0.550. The summed E-state index contributed by atoms with van der Waals surface area (Å²) < 4.78 is 4.88. The van der Waals surface area contributed by atoms with E-state index in [0.29, 0.717) is 12.8 Å². The van der Waals surface area contributed by atoms with Gasteiger partial charge in [0.2, 0.25) is 5.91 Å². The number of cyclic esters (lactones) is 1. The number of ether oxygens (including phenoxy) is 1. The molecule has 1 aliphatic rings. The van der Waals surface area contributed by atoms with Crippen LogP contribution in [0.1, 0.15) is 44.6 Å². The van der Waals surface area contributed by atoms with E-state index < -0.39 is 12.0 Å². The number of amides is 2. The Bertz CT molecular complexity index is 572. The molecule has 1 heterocycles. The van der Waals surface area contributed by atoms with Gasteiger partial charge in [-0.05, 0) is 31.2 Å². The third-order valence-electron chi connectivity index (χ3n) is 4.75. The molecule has 0 radical (unpaired) electrons. The highest BCUT2D eigenvalue weighted by Gasteiger charge is 2.36. The molecule has 0 bridgehead atoms. The monoisotopic (exact) mass is 345 g/mol. The molecular weight excluding hydrogens is 318 g/mol. The zero-order valence-electron chi connectivity index (χ0n) is 14.9. The number of aryl methyl sites for hydroxylation is 1. The quantitative estimate of drug-likeness (QED) is 0.608. The van der Waals surface area contributed by atoms with Gasteiger partial charge in [-0.15, -0.1) is 0 Å². The van der Waals surface area contributed by atoms with E-state index in [1.165, 1.54) is 5.56 Å². The van der Waals surface area contributed by atoms with Gasteiger partial charge in [0.15, 0.2) is 0 Å². The normalized spacial score (nSPS) is 16.4. The van der Waals surface area contributed by atoms with E-state index in [-0.39, 0.29) is 25.0 Å². The lowest BCUT2D eigenvalue weighted by Crippen LogP contribution is -2.40. The molecule has 2 rings (SSSR count). The SMILES string of the molecule is CCCC[C@@H](C=O)[C@@H](CCCc1ccccc1)C(=O)N1CCOC1=O. The van der Waals surface area contributed by atoms with Crippen LogP contribution < -0.4 is 0 Å². The van der Waals surface area contributed by atoms with E-state index in [0.717, 1.165) is 36.9 Å². The van der Waals surface area contributed by atoms with Gasteiger partial charge in [-0.2, -0.15) is 0 Å². The Morgan fingerprint density at radius 3 is 2.60 bits per heavy atom. The first kappa shape index (κ1) is 19.2. The summed E-state index contributed by atoms with van der Waals surface area (Å²) >= 11 is 0. The Balaban J connectivity index is 2.03. The molecule has 1 aromatic carbocycles. The summed E-state index contributed by atoms with van der Waals surface area (Å²) in [7, 11) is 0. The fourth-order valence-electron chi connectivity index (χ4n) is 3.29. The van der Waals surface area contributed by atoms with E-state index in [4.69, 9.17) is 4.74 Å². The predicted octanol–water partition coefficient (Wildman–Crippen LogP) is 3.61. The third kappa shape index (κ3) is 5.41. The number of carbonyl (C=O) groups excluding carboxylic acids is 3. The van der Waals surface area contributed by atoms with Crippen LogP contribution in [-0.4, -0.2) is 36.3 Å². The minimum atomic E-state index is -0.585. The van der Waals surface area contributed by atoms with Crippen molar-refractivity contribution in [2.45, 2.75) is 45.4 Å². The number of benzene rings is 1. The minimum absolute atomic E-state index is 0.238. The summed E-state index contributed by atoms with van der Waals surface area (Å²) in [5.41, 5.74) is 1.21. The van der Waals surface area contributed by atoms with Crippen LogP contribution in [0.4, 0.5) is 4.79 Å². The number of imide groups is 1. The van der Waals surface area contributed by atoms with Crippen molar-refractivity contribution < 1.29 is 19.1 Å². The van der Waals surface area contributed by atoms with Crippen molar-refractivity contribution in [2.75, 3.05) is 13.2 Å². The van der Waals surface area contributed by atoms with Crippen LogP contribution in [0.3, 0.4) is 0 Å². The second kappa shape index (κ2) is 9.97. The number of carbonyl (C=O) groups is 3. The highest BCUT2D eigenvalue weighted by molar-refractivity contribution is 5.95. The zero-order valence-corrected chi connectivity index (χ0v) is 14.9. The summed E-state index contributed by atoms with van der Waals surface area (Å²) in [6, 6.07) is 10.1. The van der Waals surface area contributed by atoms with E-state index in [1.54, 1.807) is 0 Å². The van der Waals surface area contributed by atoms with Gasteiger partial charge < -0.3 is 9.53 Å². The zero-order chi connectivity index (χ0) is 18.1. The van der Waals surface area contributed by atoms with Crippen LogP contribution in [0.15, 0.2) is 30.3 Å². The number of unbranched alkanes of at least 4 members (excludes halogenated alkanes) is 1. The van der Waals surface area contributed by atoms with Gasteiger partial charge in [-0.3, -0.25) is 4.79 Å². The van der Waals surface area contributed by atoms with Crippen molar-refractivity contribution in [1.82, 2.24) is 4.90 Å². The Hall–Kier alpha value is -2.17. The number of aldehydes is 1. The average Bonchev–Trinajstić information content (AvgIpc) is 3.07. The standard InChI is InChI=1S/C20H27NO4/c1-2-3-11-17(15-22)18(19(23)21-13-14-25-20(21)24)12-7-10-16-8-5-4-6-9-16/h4-6,8-9,15,17-18H,2-3,7,10-14H2,1H3/t17-,18+/m0/s1. The van der Waals surface area contributed by atoms with E-state index in [9.17, 15) is 14.4 Å². The number of rotatable bonds is 10. The van der Waals surface area contributed by atoms with Crippen molar-refractivity contribution in [3.05, 3.63) is 35.9 Å². The fourth-order valence-corrected chi connectivity index (χ4v) is 3.29. The average molecular weight is 345 g/mol. The maximum atomic E-state index is 12.8. The molecule has 0 spiro atoms. The smallest absolute Gasteiger partial charge is 0.416 e. The van der Waals surface area contributed by atoms with Gasteiger partial charge in [0.05, 0.1) is 6.54 Å². The van der Waals surface area contributed by atoms with E-state index in [2.05, 4.69) is 19.1 Å². The first-order chi connectivity index (χ1) is 12.2. The van der Waals surface area contributed by atoms with Crippen LogP contribution in [0, 0.1) is 11.8 Å². The highest BCUT2D eigenvalue weighted by Crippen LogP contribution is 2.26. The number of hydrogen-bond acceptors (Lipinski definition) is 4. The molecule has 1 aromatic rings. The molecule has 5 heteroatoms. The molecule has 0 aliphatic carbocycles.